The highest BCUT2D eigenvalue weighted by Gasteiger charge is 2.05. The maximum absolute atomic E-state index is 13.6. The van der Waals surface area contributed by atoms with Gasteiger partial charge in [0.15, 0.2) is 0 Å². The molecule has 94 valence electrons. The van der Waals surface area contributed by atoms with Gasteiger partial charge < -0.3 is 15.8 Å². The van der Waals surface area contributed by atoms with Crippen LogP contribution in [0.3, 0.4) is 0 Å². The van der Waals surface area contributed by atoms with Gasteiger partial charge >= 0.3 is 0 Å². The van der Waals surface area contributed by atoms with Crippen molar-refractivity contribution >= 4 is 28.7 Å². The molecule has 0 atom stereocenters. The topological polar surface area (TPSA) is 47.3 Å². The molecule has 0 aromatic heterocycles. The Balaban J connectivity index is 2.28. The lowest BCUT2D eigenvalue weighted by molar-refractivity contribution is 0.415. The molecule has 0 unspecified atom stereocenters. The van der Waals surface area contributed by atoms with Gasteiger partial charge in [-0.1, -0.05) is 11.6 Å². The first-order valence-electron chi connectivity index (χ1n) is 5.26. The third-order valence-corrected chi connectivity index (χ3v) is 2.74. The van der Waals surface area contributed by atoms with Gasteiger partial charge in [0, 0.05) is 17.4 Å². The molecular formula is C13H12ClFN2O. The molecule has 2 aromatic carbocycles. The minimum Gasteiger partial charge on any atom is -0.495 e. The van der Waals surface area contributed by atoms with Crippen LogP contribution in [0.2, 0.25) is 5.02 Å². The molecule has 0 aliphatic rings. The molecule has 18 heavy (non-hydrogen) atoms. The van der Waals surface area contributed by atoms with Crippen LogP contribution in [-0.4, -0.2) is 7.11 Å². The Morgan fingerprint density at radius 2 is 2.00 bits per heavy atom. The Morgan fingerprint density at radius 3 is 2.67 bits per heavy atom. The van der Waals surface area contributed by atoms with Crippen molar-refractivity contribution in [3.05, 3.63) is 47.2 Å². The number of hydrogen-bond donors (Lipinski definition) is 2. The molecule has 0 spiro atoms. The summed E-state index contributed by atoms with van der Waals surface area (Å²) in [4.78, 5) is 0. The highest BCUT2D eigenvalue weighted by molar-refractivity contribution is 6.32. The monoisotopic (exact) mass is 266 g/mol. The van der Waals surface area contributed by atoms with Crippen molar-refractivity contribution in [2.24, 2.45) is 0 Å². The summed E-state index contributed by atoms with van der Waals surface area (Å²) in [5.74, 6) is 0.112. The van der Waals surface area contributed by atoms with E-state index in [1.165, 1.54) is 13.2 Å². The molecule has 3 nitrogen and oxygen atoms in total. The highest BCUT2D eigenvalue weighted by atomic mass is 35.5. The van der Waals surface area contributed by atoms with E-state index in [0.29, 0.717) is 27.8 Å². The van der Waals surface area contributed by atoms with Crippen LogP contribution in [0.25, 0.3) is 0 Å². The number of methoxy groups -OCH3 is 1. The van der Waals surface area contributed by atoms with Crippen molar-refractivity contribution in [3.63, 3.8) is 0 Å². The van der Waals surface area contributed by atoms with E-state index in [1.54, 1.807) is 30.3 Å². The average molecular weight is 267 g/mol. The van der Waals surface area contributed by atoms with E-state index in [1.807, 2.05) is 0 Å². The van der Waals surface area contributed by atoms with Crippen molar-refractivity contribution in [1.29, 1.82) is 0 Å². The summed E-state index contributed by atoms with van der Waals surface area (Å²) < 4.78 is 18.7. The van der Waals surface area contributed by atoms with Gasteiger partial charge in [-0.3, -0.25) is 0 Å². The standard InChI is InChI=1S/C13H12ClFN2O/c1-18-13-7-9(3-4-10(13)14)17-12-5-2-8(16)6-11(12)15/h2-7,17H,16H2,1H3. The lowest BCUT2D eigenvalue weighted by Crippen LogP contribution is -1.96. The van der Waals surface area contributed by atoms with Crippen molar-refractivity contribution in [2.75, 3.05) is 18.2 Å². The zero-order chi connectivity index (χ0) is 13.1. The molecule has 2 aromatic rings. The van der Waals surface area contributed by atoms with E-state index < -0.39 is 5.82 Å². The van der Waals surface area contributed by atoms with Gasteiger partial charge in [0.2, 0.25) is 0 Å². The van der Waals surface area contributed by atoms with Crippen LogP contribution in [0.5, 0.6) is 5.75 Å². The van der Waals surface area contributed by atoms with Gasteiger partial charge in [0.05, 0.1) is 17.8 Å². The van der Waals surface area contributed by atoms with Crippen LogP contribution >= 0.6 is 11.6 Å². The van der Waals surface area contributed by atoms with Crippen LogP contribution in [0.4, 0.5) is 21.5 Å². The van der Waals surface area contributed by atoms with Crippen molar-refractivity contribution in [1.82, 2.24) is 0 Å². The van der Waals surface area contributed by atoms with E-state index in [4.69, 9.17) is 22.1 Å². The molecule has 5 heteroatoms. The fraction of sp³-hybridized carbons (Fsp3) is 0.0769. The second kappa shape index (κ2) is 5.14. The average Bonchev–Trinajstić information content (AvgIpc) is 2.35. The first-order chi connectivity index (χ1) is 8.60. The van der Waals surface area contributed by atoms with Gasteiger partial charge in [0.1, 0.15) is 11.6 Å². The largest absolute Gasteiger partial charge is 0.495 e. The second-order valence-corrected chi connectivity index (χ2v) is 4.12. The van der Waals surface area contributed by atoms with Crippen LogP contribution in [0.1, 0.15) is 0 Å². The third-order valence-electron chi connectivity index (χ3n) is 2.42. The first-order valence-corrected chi connectivity index (χ1v) is 5.63. The quantitative estimate of drug-likeness (QED) is 0.831. The van der Waals surface area contributed by atoms with Crippen LogP contribution in [0, 0.1) is 5.82 Å². The third kappa shape index (κ3) is 2.65. The summed E-state index contributed by atoms with van der Waals surface area (Å²) in [7, 11) is 1.52. The van der Waals surface area contributed by atoms with Gasteiger partial charge in [-0.25, -0.2) is 4.39 Å². The minimum absolute atomic E-state index is 0.341. The number of nitrogens with one attached hydrogen (secondary N) is 1. The molecule has 0 aliphatic carbocycles. The molecule has 0 amide bonds. The molecule has 0 fully saturated rings. The molecule has 0 radical (unpaired) electrons. The van der Waals surface area contributed by atoms with Gasteiger partial charge in [-0.05, 0) is 30.3 Å². The summed E-state index contributed by atoms with van der Waals surface area (Å²) >= 11 is 5.91. The Hall–Kier alpha value is -1.94. The molecule has 0 saturated heterocycles. The number of nitrogens with two attached hydrogens (primary N) is 1. The number of halogens is 2. The number of ether oxygens (including phenoxy) is 1. The van der Waals surface area contributed by atoms with E-state index in [0.717, 1.165) is 0 Å². The smallest absolute Gasteiger partial charge is 0.148 e. The van der Waals surface area contributed by atoms with Crippen molar-refractivity contribution < 1.29 is 9.13 Å². The number of anilines is 3. The first kappa shape index (κ1) is 12.5. The number of benzene rings is 2. The molecule has 2 rings (SSSR count). The van der Waals surface area contributed by atoms with Crippen LogP contribution in [0.15, 0.2) is 36.4 Å². The summed E-state index contributed by atoms with van der Waals surface area (Å²) in [5.41, 5.74) is 6.88. The molecule has 3 N–H and O–H groups in total. The van der Waals surface area contributed by atoms with Gasteiger partial charge in [-0.2, -0.15) is 0 Å². The Labute approximate surface area is 109 Å². The summed E-state index contributed by atoms with van der Waals surface area (Å²) in [5, 5.41) is 3.43. The maximum atomic E-state index is 13.6. The molecule has 0 saturated carbocycles. The Kier molecular flexibility index (Phi) is 3.58. The molecule has 0 bridgehead atoms. The molecule has 0 aliphatic heterocycles. The van der Waals surface area contributed by atoms with E-state index >= 15 is 0 Å². The van der Waals surface area contributed by atoms with Crippen LogP contribution < -0.4 is 15.8 Å². The number of nitrogen functional groups attached to an aromatic ring is 1. The fourth-order valence-electron chi connectivity index (χ4n) is 1.53. The van der Waals surface area contributed by atoms with E-state index in [2.05, 4.69) is 5.32 Å². The Morgan fingerprint density at radius 1 is 1.22 bits per heavy atom. The predicted octanol–water partition coefficient (Wildman–Crippen LogP) is 3.81. The normalized spacial score (nSPS) is 10.2. The lowest BCUT2D eigenvalue weighted by Gasteiger charge is -2.10. The fourth-order valence-corrected chi connectivity index (χ4v) is 1.72. The zero-order valence-corrected chi connectivity index (χ0v) is 10.5. The van der Waals surface area contributed by atoms with E-state index in [-0.39, 0.29) is 0 Å². The highest BCUT2D eigenvalue weighted by Crippen LogP contribution is 2.29. The van der Waals surface area contributed by atoms with Crippen molar-refractivity contribution in [2.45, 2.75) is 0 Å². The second-order valence-electron chi connectivity index (χ2n) is 3.71. The number of rotatable bonds is 3. The van der Waals surface area contributed by atoms with Crippen LogP contribution in [-0.2, 0) is 0 Å². The van der Waals surface area contributed by atoms with Gasteiger partial charge in [-0.15, -0.1) is 0 Å². The molecule has 0 heterocycles. The summed E-state index contributed by atoms with van der Waals surface area (Å²) in [6.45, 7) is 0. The maximum Gasteiger partial charge on any atom is 0.148 e. The predicted molar refractivity (Wildman–Crippen MR) is 72.1 cm³/mol. The lowest BCUT2D eigenvalue weighted by atomic mass is 10.2. The minimum atomic E-state index is -0.413. The zero-order valence-electron chi connectivity index (χ0n) is 9.71. The van der Waals surface area contributed by atoms with Crippen molar-refractivity contribution in [3.8, 4) is 5.75 Å². The SMILES string of the molecule is COc1cc(Nc2ccc(N)cc2F)ccc1Cl. The van der Waals surface area contributed by atoms with E-state index in [9.17, 15) is 4.39 Å². The van der Waals surface area contributed by atoms with Gasteiger partial charge in [0.25, 0.3) is 0 Å². The molecular weight excluding hydrogens is 255 g/mol. The summed E-state index contributed by atoms with van der Waals surface area (Å²) in [6.07, 6.45) is 0. The number of hydrogen-bond acceptors (Lipinski definition) is 3. The Bertz CT molecular complexity index is 575. The summed E-state index contributed by atoms with van der Waals surface area (Å²) in [6, 6.07) is 9.57.